The summed E-state index contributed by atoms with van der Waals surface area (Å²) in [5.41, 5.74) is 1.95. The molecular formula is C13H18ClNO2S. The smallest absolute Gasteiger partial charge is 0.211 e. The van der Waals surface area contributed by atoms with Gasteiger partial charge in [-0.2, -0.15) is 0 Å². The van der Waals surface area contributed by atoms with Gasteiger partial charge in [0, 0.05) is 12.4 Å². The number of hydrogen-bond donors (Lipinski definition) is 1. The fourth-order valence-corrected chi connectivity index (χ4v) is 3.16. The molecule has 1 aromatic carbocycles. The van der Waals surface area contributed by atoms with Crippen molar-refractivity contribution >= 4 is 21.6 Å². The molecule has 0 aromatic heterocycles. The Bertz CT molecular complexity index is 497. The van der Waals surface area contributed by atoms with Gasteiger partial charge in [-0.05, 0) is 23.5 Å². The van der Waals surface area contributed by atoms with Crippen LogP contribution in [0.1, 0.15) is 30.4 Å². The van der Waals surface area contributed by atoms with Crippen molar-refractivity contribution in [3.63, 3.8) is 0 Å². The molecule has 0 unspecified atom stereocenters. The van der Waals surface area contributed by atoms with Crippen LogP contribution in [0.25, 0.3) is 0 Å². The molecule has 18 heavy (non-hydrogen) atoms. The van der Waals surface area contributed by atoms with E-state index in [9.17, 15) is 8.42 Å². The highest BCUT2D eigenvalue weighted by Gasteiger charge is 2.23. The Kier molecular flexibility index (Phi) is 4.65. The van der Waals surface area contributed by atoms with Gasteiger partial charge in [0.25, 0.3) is 0 Å². The van der Waals surface area contributed by atoms with Crippen molar-refractivity contribution in [2.45, 2.75) is 31.7 Å². The minimum absolute atomic E-state index is 0.243. The molecule has 5 heteroatoms. The van der Waals surface area contributed by atoms with Crippen LogP contribution in [0.15, 0.2) is 24.3 Å². The van der Waals surface area contributed by atoms with E-state index >= 15 is 0 Å². The van der Waals surface area contributed by atoms with Gasteiger partial charge in [-0.3, -0.25) is 0 Å². The summed E-state index contributed by atoms with van der Waals surface area (Å²) >= 11 is 5.74. The highest BCUT2D eigenvalue weighted by atomic mass is 35.5. The van der Waals surface area contributed by atoms with Crippen LogP contribution >= 0.6 is 11.6 Å². The van der Waals surface area contributed by atoms with Crippen molar-refractivity contribution in [1.29, 1.82) is 0 Å². The van der Waals surface area contributed by atoms with E-state index in [1.807, 2.05) is 24.3 Å². The minimum atomic E-state index is -3.14. The van der Waals surface area contributed by atoms with E-state index < -0.39 is 10.0 Å². The fourth-order valence-electron chi connectivity index (χ4n) is 1.82. The molecule has 1 saturated carbocycles. The number of nitrogens with one attached hydrogen (secondary N) is 1. The number of alkyl halides is 1. The lowest BCUT2D eigenvalue weighted by Crippen LogP contribution is -2.26. The molecule has 0 amide bonds. The van der Waals surface area contributed by atoms with E-state index in [0.717, 1.165) is 17.5 Å². The second kappa shape index (κ2) is 6.04. The molecule has 3 nitrogen and oxygen atoms in total. The molecule has 1 aliphatic rings. The summed E-state index contributed by atoms with van der Waals surface area (Å²) in [6, 6.07) is 7.65. The molecule has 1 aromatic rings. The Balaban J connectivity index is 1.84. The van der Waals surface area contributed by atoms with Crippen molar-refractivity contribution in [2.24, 2.45) is 5.92 Å². The van der Waals surface area contributed by atoms with Crippen LogP contribution in [-0.2, 0) is 22.4 Å². The summed E-state index contributed by atoms with van der Waals surface area (Å²) in [4.78, 5) is 0. The molecular weight excluding hydrogens is 270 g/mol. The van der Waals surface area contributed by atoms with E-state index in [2.05, 4.69) is 4.72 Å². The number of hydrogen-bond acceptors (Lipinski definition) is 2. The monoisotopic (exact) mass is 287 g/mol. The Morgan fingerprint density at radius 1 is 1.28 bits per heavy atom. The molecule has 0 bridgehead atoms. The van der Waals surface area contributed by atoms with Gasteiger partial charge in [-0.15, -0.1) is 11.6 Å². The van der Waals surface area contributed by atoms with E-state index in [-0.39, 0.29) is 5.75 Å². The second-order valence-electron chi connectivity index (χ2n) is 4.83. The standard InChI is InChI=1S/C13H18ClNO2S/c14-9-12-2-1-3-13(8-12)10-15-18(16,17)7-6-11-4-5-11/h1-3,8,11,15H,4-7,9-10H2. The van der Waals surface area contributed by atoms with Gasteiger partial charge in [0.2, 0.25) is 10.0 Å². The topological polar surface area (TPSA) is 46.2 Å². The molecule has 1 fully saturated rings. The maximum atomic E-state index is 11.8. The maximum absolute atomic E-state index is 11.8. The summed E-state index contributed by atoms with van der Waals surface area (Å²) < 4.78 is 26.1. The first-order valence-electron chi connectivity index (χ1n) is 6.20. The quantitative estimate of drug-likeness (QED) is 0.784. The molecule has 0 atom stereocenters. The molecule has 0 heterocycles. The zero-order valence-electron chi connectivity index (χ0n) is 10.2. The average molecular weight is 288 g/mol. The Morgan fingerprint density at radius 3 is 2.67 bits per heavy atom. The Hall–Kier alpha value is -0.580. The van der Waals surface area contributed by atoms with Gasteiger partial charge in [-0.25, -0.2) is 13.1 Å². The average Bonchev–Trinajstić information content (AvgIpc) is 3.19. The van der Waals surface area contributed by atoms with Crippen LogP contribution in [-0.4, -0.2) is 14.2 Å². The molecule has 0 aliphatic heterocycles. The van der Waals surface area contributed by atoms with Gasteiger partial charge in [0.15, 0.2) is 0 Å². The molecule has 100 valence electrons. The van der Waals surface area contributed by atoms with Gasteiger partial charge < -0.3 is 0 Å². The Morgan fingerprint density at radius 2 is 2.00 bits per heavy atom. The van der Waals surface area contributed by atoms with E-state index in [1.165, 1.54) is 12.8 Å². The predicted molar refractivity (Wildman–Crippen MR) is 74.0 cm³/mol. The van der Waals surface area contributed by atoms with Crippen LogP contribution in [0.3, 0.4) is 0 Å². The molecule has 0 spiro atoms. The zero-order valence-corrected chi connectivity index (χ0v) is 11.8. The first kappa shape index (κ1) is 13.8. The summed E-state index contributed by atoms with van der Waals surface area (Å²) in [5.74, 6) is 1.33. The summed E-state index contributed by atoms with van der Waals surface area (Å²) in [5, 5.41) is 0. The summed E-state index contributed by atoms with van der Waals surface area (Å²) in [6.45, 7) is 0.345. The highest BCUT2D eigenvalue weighted by molar-refractivity contribution is 7.89. The largest absolute Gasteiger partial charge is 0.212 e. The third kappa shape index (κ3) is 4.59. The predicted octanol–water partition coefficient (Wildman–Crippen LogP) is 2.64. The molecule has 0 radical (unpaired) electrons. The molecule has 1 N–H and O–H groups in total. The van der Waals surface area contributed by atoms with Gasteiger partial charge in [0.05, 0.1) is 5.75 Å². The van der Waals surface area contributed by atoms with E-state index in [0.29, 0.717) is 18.3 Å². The number of benzene rings is 1. The van der Waals surface area contributed by atoms with Gasteiger partial charge >= 0.3 is 0 Å². The first-order chi connectivity index (χ1) is 8.59. The third-order valence-electron chi connectivity index (χ3n) is 3.13. The lowest BCUT2D eigenvalue weighted by atomic mass is 10.1. The number of sulfonamides is 1. The maximum Gasteiger partial charge on any atom is 0.211 e. The van der Waals surface area contributed by atoms with Crippen molar-refractivity contribution in [2.75, 3.05) is 5.75 Å². The minimum Gasteiger partial charge on any atom is -0.212 e. The molecule has 1 aliphatic carbocycles. The summed E-state index contributed by atoms with van der Waals surface area (Å²) in [7, 11) is -3.14. The van der Waals surface area contributed by atoms with Crippen molar-refractivity contribution in [3.05, 3.63) is 35.4 Å². The zero-order chi connectivity index (χ0) is 13.0. The number of rotatable bonds is 7. The second-order valence-corrected chi connectivity index (χ2v) is 7.02. The lowest BCUT2D eigenvalue weighted by Gasteiger charge is -2.07. The van der Waals surface area contributed by atoms with Crippen molar-refractivity contribution in [3.8, 4) is 0 Å². The lowest BCUT2D eigenvalue weighted by molar-refractivity contribution is 0.575. The fraction of sp³-hybridized carbons (Fsp3) is 0.538. The van der Waals surface area contributed by atoms with Crippen LogP contribution in [0.2, 0.25) is 0 Å². The van der Waals surface area contributed by atoms with Crippen LogP contribution in [0.5, 0.6) is 0 Å². The van der Waals surface area contributed by atoms with Crippen molar-refractivity contribution < 1.29 is 8.42 Å². The highest BCUT2D eigenvalue weighted by Crippen LogP contribution is 2.32. The van der Waals surface area contributed by atoms with E-state index in [4.69, 9.17) is 11.6 Å². The normalized spacial score (nSPS) is 15.8. The van der Waals surface area contributed by atoms with Crippen LogP contribution < -0.4 is 4.72 Å². The Labute approximate surface area is 114 Å². The SMILES string of the molecule is O=S(=O)(CCC1CC1)NCc1cccc(CCl)c1. The molecule has 0 saturated heterocycles. The molecule has 2 rings (SSSR count). The first-order valence-corrected chi connectivity index (χ1v) is 8.39. The van der Waals surface area contributed by atoms with E-state index in [1.54, 1.807) is 0 Å². The summed E-state index contributed by atoms with van der Waals surface area (Å²) in [6.07, 6.45) is 3.16. The van der Waals surface area contributed by atoms with Gasteiger partial charge in [0.1, 0.15) is 0 Å². The third-order valence-corrected chi connectivity index (χ3v) is 4.80. The number of halogens is 1. The van der Waals surface area contributed by atoms with Crippen LogP contribution in [0.4, 0.5) is 0 Å². The van der Waals surface area contributed by atoms with Gasteiger partial charge in [-0.1, -0.05) is 37.1 Å². The van der Waals surface area contributed by atoms with Crippen LogP contribution in [0, 0.1) is 5.92 Å². The van der Waals surface area contributed by atoms with Crippen molar-refractivity contribution in [1.82, 2.24) is 4.72 Å².